The molecule has 0 aliphatic heterocycles. The van der Waals surface area contributed by atoms with Crippen molar-refractivity contribution in [2.24, 2.45) is 5.73 Å². The molecule has 3 aromatic heterocycles. The van der Waals surface area contributed by atoms with Gasteiger partial charge in [0.2, 0.25) is 0 Å². The average Bonchev–Trinajstić information content (AvgIpc) is 3.12. The average molecular weight is 793 g/mol. The smallest absolute Gasteiger partial charge is 0.135 e. The SMILES string of the molecule is Clc1cc(Cl)ncn1.Fc1cccc(Nc2cc(Cl)ncn2)c1.NCCO.Nc1cccc(F)c1.OCCNc1cc(Nc2cccc(F)c2)ncn1. The second-order valence-electron chi connectivity index (χ2n) is 9.67. The maximum absolute atomic E-state index is 13.0. The fraction of sp³-hybridized carbons (Fsp3) is 0.118. The van der Waals surface area contributed by atoms with Crippen LogP contribution in [0.3, 0.4) is 0 Å². The predicted molar refractivity (Wildman–Crippen MR) is 203 cm³/mol. The van der Waals surface area contributed by atoms with Crippen LogP contribution in [0.2, 0.25) is 15.5 Å². The number of rotatable bonds is 8. The van der Waals surface area contributed by atoms with E-state index in [1.807, 2.05) is 0 Å². The number of anilines is 6. The Kier molecular flexibility index (Phi) is 21.1. The standard InChI is InChI=1S/C12H13FN4O.C10H7ClFN3.C6H6FN.C4H2Cl2N2.C2H7NO/c13-9-2-1-3-10(6-9)17-12-7-11(14-4-5-18)15-8-16-12;11-9-5-10(14-6-13-9)15-8-3-1-2-7(12)4-8;7-5-2-1-3-6(8)4-5;5-3-1-4(6)8-2-7-3;3-1-2-4/h1-3,6-8,18H,4-5H2,(H2,14,15,16,17);1-6H,(H,13,14,15);1-4H,8H2;1-2H;4H,1-3H2. The van der Waals surface area contributed by atoms with Crippen LogP contribution < -0.4 is 27.4 Å². The first-order valence-electron chi connectivity index (χ1n) is 15.2. The first-order chi connectivity index (χ1) is 25.5. The van der Waals surface area contributed by atoms with E-state index in [1.165, 1.54) is 61.4 Å². The normalized spacial score (nSPS) is 9.60. The Labute approximate surface area is 318 Å². The lowest BCUT2D eigenvalue weighted by molar-refractivity contribution is 0.306. The molecule has 53 heavy (non-hydrogen) atoms. The van der Waals surface area contributed by atoms with Crippen molar-refractivity contribution >= 4 is 69.3 Å². The van der Waals surface area contributed by atoms with Gasteiger partial charge in [-0.3, -0.25) is 0 Å². The molecule has 9 N–H and O–H groups in total. The number of nitrogens with zero attached hydrogens (tertiary/aromatic N) is 6. The molecule has 0 atom stereocenters. The molecule has 19 heteroatoms. The van der Waals surface area contributed by atoms with Crippen molar-refractivity contribution < 1.29 is 23.4 Å². The summed E-state index contributed by atoms with van der Waals surface area (Å²) in [5.74, 6) is 0.771. The lowest BCUT2D eigenvalue weighted by Gasteiger charge is -2.07. The number of halogens is 6. The van der Waals surface area contributed by atoms with Gasteiger partial charge in [-0.25, -0.2) is 43.1 Å². The molecule has 280 valence electrons. The maximum atomic E-state index is 13.0. The highest BCUT2D eigenvalue weighted by molar-refractivity contribution is 6.33. The summed E-state index contributed by atoms with van der Waals surface area (Å²) in [7, 11) is 0. The molecule has 3 aromatic carbocycles. The summed E-state index contributed by atoms with van der Waals surface area (Å²) in [6.45, 7) is 0.910. The van der Waals surface area contributed by atoms with E-state index in [0.29, 0.717) is 63.1 Å². The van der Waals surface area contributed by atoms with Gasteiger partial charge in [0, 0.05) is 48.4 Å². The Hall–Kier alpha value is -5.36. The van der Waals surface area contributed by atoms with Crippen LogP contribution in [0.15, 0.2) is 110 Å². The molecule has 0 saturated carbocycles. The molecule has 6 rings (SSSR count). The minimum Gasteiger partial charge on any atom is -0.399 e. The molecular formula is C34H35Cl3F3N11O2. The van der Waals surface area contributed by atoms with Gasteiger partial charge in [-0.2, -0.15) is 0 Å². The second kappa shape index (κ2) is 25.6. The summed E-state index contributed by atoms with van der Waals surface area (Å²) in [4.78, 5) is 22.9. The van der Waals surface area contributed by atoms with Gasteiger partial charge in [0.25, 0.3) is 0 Å². The van der Waals surface area contributed by atoms with E-state index < -0.39 is 0 Å². The third-order valence-electron chi connectivity index (χ3n) is 5.49. The molecule has 0 aliphatic rings. The highest BCUT2D eigenvalue weighted by Gasteiger charge is 2.01. The van der Waals surface area contributed by atoms with E-state index in [-0.39, 0.29) is 30.7 Å². The van der Waals surface area contributed by atoms with Gasteiger partial charge in [-0.05, 0) is 54.6 Å². The van der Waals surface area contributed by atoms with Crippen LogP contribution in [-0.4, -0.2) is 66.4 Å². The lowest BCUT2D eigenvalue weighted by atomic mass is 10.3. The summed E-state index contributed by atoms with van der Waals surface area (Å²) in [6.07, 6.45) is 4.04. The highest BCUT2D eigenvalue weighted by atomic mass is 35.5. The number of aromatic nitrogens is 6. The fourth-order valence-corrected chi connectivity index (χ4v) is 3.85. The lowest BCUT2D eigenvalue weighted by Crippen LogP contribution is -2.07. The van der Waals surface area contributed by atoms with E-state index in [1.54, 1.807) is 48.5 Å². The van der Waals surface area contributed by atoms with Crippen molar-refractivity contribution in [3.8, 4) is 0 Å². The van der Waals surface area contributed by atoms with Crippen molar-refractivity contribution in [1.29, 1.82) is 0 Å². The second-order valence-corrected chi connectivity index (χ2v) is 10.8. The largest absolute Gasteiger partial charge is 0.399 e. The van der Waals surface area contributed by atoms with Gasteiger partial charge >= 0.3 is 0 Å². The van der Waals surface area contributed by atoms with Crippen LogP contribution in [0.25, 0.3) is 0 Å². The van der Waals surface area contributed by atoms with Gasteiger partial charge in [0.05, 0.1) is 13.2 Å². The summed E-state index contributed by atoms with van der Waals surface area (Å²) >= 11 is 16.5. The molecule has 13 nitrogen and oxygen atoms in total. The van der Waals surface area contributed by atoms with Crippen LogP contribution in [0.5, 0.6) is 0 Å². The molecular weight excluding hydrogens is 758 g/mol. The predicted octanol–water partition coefficient (Wildman–Crippen LogP) is 6.90. The molecule has 6 aromatic rings. The van der Waals surface area contributed by atoms with Crippen molar-refractivity contribution in [3.63, 3.8) is 0 Å². The Balaban J connectivity index is 0.000000249. The zero-order valence-electron chi connectivity index (χ0n) is 27.7. The number of aliphatic hydroxyl groups excluding tert-OH is 2. The van der Waals surface area contributed by atoms with Crippen LogP contribution in [0.1, 0.15) is 0 Å². The number of nitrogens with two attached hydrogens (primary N) is 2. The monoisotopic (exact) mass is 791 g/mol. The van der Waals surface area contributed by atoms with E-state index in [0.717, 1.165) is 0 Å². The van der Waals surface area contributed by atoms with E-state index in [2.05, 4.69) is 45.9 Å². The Morgan fingerprint density at radius 2 is 0.981 bits per heavy atom. The molecule has 0 aliphatic carbocycles. The first kappa shape index (κ1) is 43.8. The van der Waals surface area contributed by atoms with Gasteiger partial charge in [-0.15, -0.1) is 0 Å². The van der Waals surface area contributed by atoms with Crippen molar-refractivity contribution in [1.82, 2.24) is 29.9 Å². The summed E-state index contributed by atoms with van der Waals surface area (Å²) in [5, 5.41) is 26.3. The van der Waals surface area contributed by atoms with Crippen LogP contribution in [-0.2, 0) is 0 Å². The summed E-state index contributed by atoms with van der Waals surface area (Å²) in [6, 6.07) is 22.8. The topological polar surface area (TPSA) is 206 Å². The van der Waals surface area contributed by atoms with Crippen molar-refractivity contribution in [3.05, 3.63) is 143 Å². The molecule has 3 heterocycles. The summed E-state index contributed by atoms with van der Waals surface area (Å²) < 4.78 is 37.9. The van der Waals surface area contributed by atoms with Crippen molar-refractivity contribution in [2.75, 3.05) is 48.0 Å². The molecule has 0 fully saturated rings. The van der Waals surface area contributed by atoms with E-state index in [4.69, 9.17) is 56.5 Å². The zero-order chi connectivity index (χ0) is 38.8. The summed E-state index contributed by atoms with van der Waals surface area (Å²) in [5.41, 5.74) is 11.7. The molecule has 0 radical (unpaired) electrons. The van der Waals surface area contributed by atoms with E-state index in [9.17, 15) is 13.2 Å². The van der Waals surface area contributed by atoms with Gasteiger partial charge in [0.1, 0.15) is 69.3 Å². The van der Waals surface area contributed by atoms with Crippen LogP contribution >= 0.6 is 34.8 Å². The number of hydrogen-bond donors (Lipinski definition) is 7. The number of benzene rings is 3. The van der Waals surface area contributed by atoms with Crippen molar-refractivity contribution in [2.45, 2.75) is 0 Å². The molecule has 0 amide bonds. The third-order valence-corrected chi connectivity index (χ3v) is 6.11. The third kappa shape index (κ3) is 20.3. The Bertz CT molecular complexity index is 1810. The van der Waals surface area contributed by atoms with E-state index >= 15 is 0 Å². The minimum absolute atomic E-state index is 0.0245. The minimum atomic E-state index is -0.312. The number of nitrogens with one attached hydrogen (secondary N) is 3. The molecule has 0 bridgehead atoms. The highest BCUT2D eigenvalue weighted by Crippen LogP contribution is 2.18. The number of hydrogen-bond acceptors (Lipinski definition) is 13. The van der Waals surface area contributed by atoms with Crippen LogP contribution in [0, 0.1) is 17.5 Å². The van der Waals surface area contributed by atoms with Gasteiger partial charge < -0.3 is 37.6 Å². The van der Waals surface area contributed by atoms with Gasteiger partial charge in [-0.1, -0.05) is 53.0 Å². The maximum Gasteiger partial charge on any atom is 0.135 e. The number of nitrogen functional groups attached to an aromatic ring is 1. The van der Waals surface area contributed by atoms with Gasteiger partial charge in [0.15, 0.2) is 0 Å². The van der Waals surface area contributed by atoms with Crippen LogP contribution in [0.4, 0.5) is 47.7 Å². The molecule has 0 spiro atoms. The molecule has 0 unspecified atom stereocenters. The molecule has 0 saturated heterocycles. The number of aliphatic hydroxyl groups is 2. The zero-order valence-corrected chi connectivity index (χ0v) is 30.0. The quantitative estimate of drug-likeness (QED) is 0.0619. The Morgan fingerprint density at radius 3 is 1.38 bits per heavy atom. The fourth-order valence-electron chi connectivity index (χ4n) is 3.36. The first-order valence-corrected chi connectivity index (χ1v) is 16.3. The Morgan fingerprint density at radius 1 is 0.547 bits per heavy atom.